The van der Waals surface area contributed by atoms with Gasteiger partial charge in [0.25, 0.3) is 0 Å². The first-order chi connectivity index (χ1) is 9.61. The first-order valence-electron chi connectivity index (χ1n) is 6.13. The summed E-state index contributed by atoms with van der Waals surface area (Å²) in [5, 5.41) is 2.93. The number of carbonyl (C=O) groups excluding carboxylic acids is 1. The molecule has 1 aromatic carbocycles. The number of nitrogens with one attached hydrogen (secondary N) is 1. The van der Waals surface area contributed by atoms with Crippen LogP contribution in [0.2, 0.25) is 0 Å². The predicted molar refractivity (Wildman–Crippen MR) is 79.2 cm³/mol. The van der Waals surface area contributed by atoms with Gasteiger partial charge in [-0.2, -0.15) is 0 Å². The minimum Gasteiger partial charge on any atom is -0.375 e. The number of ether oxygens (including phenoxy) is 1. The van der Waals surface area contributed by atoms with Crippen molar-refractivity contribution in [2.24, 2.45) is 7.05 Å². The third-order valence-corrected chi connectivity index (χ3v) is 3.43. The quantitative estimate of drug-likeness (QED) is 0.908. The first kappa shape index (κ1) is 14.7. The average molecular weight is 338 g/mol. The highest BCUT2D eigenvalue weighted by molar-refractivity contribution is 9.10. The van der Waals surface area contributed by atoms with Crippen LogP contribution in [0, 0.1) is 0 Å². The molecule has 1 atom stereocenters. The number of benzene rings is 1. The Morgan fingerprint density at radius 3 is 2.70 bits per heavy atom. The van der Waals surface area contributed by atoms with E-state index in [4.69, 9.17) is 4.74 Å². The fourth-order valence-corrected chi connectivity index (χ4v) is 2.21. The predicted octanol–water partition coefficient (Wildman–Crippen LogP) is 2.03. The third kappa shape index (κ3) is 3.46. The fraction of sp³-hybridized carbons (Fsp3) is 0.286. The van der Waals surface area contributed by atoms with Crippen LogP contribution in [-0.2, 0) is 16.6 Å². The summed E-state index contributed by atoms with van der Waals surface area (Å²) in [5.74, 6) is 0.597. The van der Waals surface area contributed by atoms with Crippen LogP contribution in [0.25, 0.3) is 0 Å². The lowest BCUT2D eigenvalue weighted by molar-refractivity contribution is -0.125. The van der Waals surface area contributed by atoms with Crippen molar-refractivity contribution in [2.75, 3.05) is 13.7 Å². The van der Waals surface area contributed by atoms with Gasteiger partial charge in [-0.25, -0.2) is 4.98 Å². The third-order valence-electron chi connectivity index (χ3n) is 2.90. The summed E-state index contributed by atoms with van der Waals surface area (Å²) in [4.78, 5) is 16.1. The van der Waals surface area contributed by atoms with E-state index in [-0.39, 0.29) is 18.6 Å². The summed E-state index contributed by atoms with van der Waals surface area (Å²) in [5.41, 5.74) is 0.965. The summed E-state index contributed by atoms with van der Waals surface area (Å²) < 4.78 is 7.74. The van der Waals surface area contributed by atoms with Crippen LogP contribution in [0.3, 0.4) is 0 Å². The summed E-state index contributed by atoms with van der Waals surface area (Å²) in [6, 6.07) is 7.49. The molecule has 2 rings (SSSR count). The zero-order valence-corrected chi connectivity index (χ0v) is 12.9. The Morgan fingerprint density at radius 2 is 2.15 bits per heavy atom. The van der Waals surface area contributed by atoms with E-state index in [9.17, 15) is 4.79 Å². The topological polar surface area (TPSA) is 56.1 Å². The van der Waals surface area contributed by atoms with Crippen molar-refractivity contribution in [1.29, 1.82) is 0 Å². The monoisotopic (exact) mass is 337 g/mol. The molecule has 0 saturated carbocycles. The van der Waals surface area contributed by atoms with Gasteiger partial charge in [-0.15, -0.1) is 0 Å². The molecule has 1 unspecified atom stereocenters. The van der Waals surface area contributed by atoms with Crippen LogP contribution >= 0.6 is 15.9 Å². The zero-order chi connectivity index (χ0) is 14.5. The van der Waals surface area contributed by atoms with Crippen molar-refractivity contribution in [3.63, 3.8) is 0 Å². The Bertz CT molecular complexity index is 580. The zero-order valence-electron chi connectivity index (χ0n) is 11.3. The average Bonchev–Trinajstić information content (AvgIpc) is 2.84. The van der Waals surface area contributed by atoms with Gasteiger partial charge < -0.3 is 14.6 Å². The highest BCUT2D eigenvalue weighted by Crippen LogP contribution is 2.22. The van der Waals surface area contributed by atoms with Gasteiger partial charge in [0.1, 0.15) is 18.5 Å². The molecule has 0 spiro atoms. The van der Waals surface area contributed by atoms with E-state index in [2.05, 4.69) is 26.2 Å². The number of amides is 1. The molecule has 1 heterocycles. The molecular formula is C14H16BrN3O2. The lowest BCUT2D eigenvalue weighted by atomic mass is 10.1. The Kier molecular flexibility index (Phi) is 4.92. The normalized spacial score (nSPS) is 12.2. The van der Waals surface area contributed by atoms with Gasteiger partial charge in [0.15, 0.2) is 0 Å². The van der Waals surface area contributed by atoms with Crippen LogP contribution in [0.15, 0.2) is 41.1 Å². The molecule has 106 valence electrons. The molecule has 2 aromatic rings. The summed E-state index contributed by atoms with van der Waals surface area (Å²) in [6.45, 7) is 0.0252. The van der Waals surface area contributed by atoms with Crippen molar-refractivity contribution in [3.8, 4) is 0 Å². The van der Waals surface area contributed by atoms with Crippen LogP contribution in [0.1, 0.15) is 17.4 Å². The van der Waals surface area contributed by atoms with E-state index in [1.807, 2.05) is 42.1 Å². The van der Waals surface area contributed by atoms with Crippen molar-refractivity contribution >= 4 is 21.8 Å². The second kappa shape index (κ2) is 6.67. The summed E-state index contributed by atoms with van der Waals surface area (Å²) in [7, 11) is 3.39. The number of imidazole rings is 1. The van der Waals surface area contributed by atoms with E-state index < -0.39 is 0 Å². The van der Waals surface area contributed by atoms with Gasteiger partial charge in [-0.05, 0) is 17.7 Å². The van der Waals surface area contributed by atoms with Gasteiger partial charge in [-0.3, -0.25) is 4.79 Å². The fourth-order valence-electron chi connectivity index (χ4n) is 1.94. The highest BCUT2D eigenvalue weighted by Gasteiger charge is 2.20. The van der Waals surface area contributed by atoms with Gasteiger partial charge in [-0.1, -0.05) is 28.1 Å². The lowest BCUT2D eigenvalue weighted by Crippen LogP contribution is -2.33. The van der Waals surface area contributed by atoms with Gasteiger partial charge >= 0.3 is 0 Å². The Hall–Kier alpha value is -1.66. The number of nitrogens with zero attached hydrogens (tertiary/aromatic N) is 2. The minimum atomic E-state index is -0.300. The van der Waals surface area contributed by atoms with Gasteiger partial charge in [0.05, 0.1) is 0 Å². The van der Waals surface area contributed by atoms with Crippen LogP contribution in [-0.4, -0.2) is 29.2 Å². The van der Waals surface area contributed by atoms with E-state index in [0.717, 1.165) is 15.9 Å². The van der Waals surface area contributed by atoms with Gasteiger partial charge in [0, 0.05) is 31.0 Å². The molecule has 0 fully saturated rings. The Morgan fingerprint density at radius 1 is 1.45 bits per heavy atom. The molecular weight excluding hydrogens is 322 g/mol. The molecule has 0 radical (unpaired) electrons. The molecule has 1 aromatic heterocycles. The SMILES string of the molecule is COCC(=O)NC(c1ccc(Br)cc1)c1nccn1C. The largest absolute Gasteiger partial charge is 0.375 e. The molecule has 0 aliphatic rings. The maximum absolute atomic E-state index is 11.8. The number of halogens is 1. The number of methoxy groups -OCH3 is 1. The maximum Gasteiger partial charge on any atom is 0.246 e. The van der Waals surface area contributed by atoms with Crippen LogP contribution in [0.5, 0.6) is 0 Å². The molecule has 6 heteroatoms. The smallest absolute Gasteiger partial charge is 0.246 e. The first-order valence-corrected chi connectivity index (χ1v) is 6.92. The number of hydrogen-bond donors (Lipinski definition) is 1. The molecule has 0 bridgehead atoms. The number of aryl methyl sites for hydroxylation is 1. The van der Waals surface area contributed by atoms with Crippen molar-refractivity contribution < 1.29 is 9.53 Å². The second-order valence-electron chi connectivity index (χ2n) is 4.38. The standard InChI is InChI=1S/C14H16BrN3O2/c1-18-8-7-16-14(18)13(17-12(19)9-20-2)10-3-5-11(15)6-4-10/h3-8,13H,9H2,1-2H3,(H,17,19). The highest BCUT2D eigenvalue weighted by atomic mass is 79.9. The number of rotatable bonds is 5. The van der Waals surface area contributed by atoms with E-state index in [1.54, 1.807) is 6.20 Å². The minimum absolute atomic E-state index is 0.0252. The Labute approximate surface area is 126 Å². The van der Waals surface area contributed by atoms with Gasteiger partial charge in [0.2, 0.25) is 5.91 Å². The molecule has 20 heavy (non-hydrogen) atoms. The molecule has 1 N–H and O–H groups in total. The molecule has 0 aliphatic heterocycles. The molecule has 1 amide bonds. The van der Waals surface area contributed by atoms with Crippen molar-refractivity contribution in [2.45, 2.75) is 6.04 Å². The van der Waals surface area contributed by atoms with Crippen LogP contribution < -0.4 is 5.32 Å². The maximum atomic E-state index is 11.8. The number of carbonyl (C=O) groups is 1. The molecule has 5 nitrogen and oxygen atoms in total. The molecule has 0 saturated heterocycles. The summed E-state index contributed by atoms with van der Waals surface area (Å²) >= 11 is 3.41. The van der Waals surface area contributed by atoms with Crippen molar-refractivity contribution in [1.82, 2.24) is 14.9 Å². The van der Waals surface area contributed by atoms with Crippen molar-refractivity contribution in [3.05, 3.63) is 52.5 Å². The number of aromatic nitrogens is 2. The van der Waals surface area contributed by atoms with E-state index >= 15 is 0 Å². The lowest BCUT2D eigenvalue weighted by Gasteiger charge is -2.19. The Balaban J connectivity index is 2.31. The summed E-state index contributed by atoms with van der Waals surface area (Å²) in [6.07, 6.45) is 3.56. The van der Waals surface area contributed by atoms with E-state index in [0.29, 0.717) is 0 Å². The second-order valence-corrected chi connectivity index (χ2v) is 5.30. The van der Waals surface area contributed by atoms with Crippen LogP contribution in [0.4, 0.5) is 0 Å². The van der Waals surface area contributed by atoms with E-state index in [1.165, 1.54) is 7.11 Å². The molecule has 0 aliphatic carbocycles. The number of hydrogen-bond acceptors (Lipinski definition) is 3.